The number of hydrogen-bond donors (Lipinski definition) is 1. The first kappa shape index (κ1) is 10.1. The van der Waals surface area contributed by atoms with Crippen molar-refractivity contribution >= 4 is 5.97 Å². The zero-order chi connectivity index (χ0) is 10.7. The van der Waals surface area contributed by atoms with Crippen LogP contribution in [0.25, 0.3) is 0 Å². The lowest BCUT2D eigenvalue weighted by Crippen LogP contribution is -2.11. The molecule has 1 saturated heterocycles. The van der Waals surface area contributed by atoms with Crippen LogP contribution in [0, 0.1) is 0 Å². The van der Waals surface area contributed by atoms with Gasteiger partial charge in [-0.05, 0) is 6.42 Å². The zero-order valence-corrected chi connectivity index (χ0v) is 8.30. The van der Waals surface area contributed by atoms with Gasteiger partial charge in [-0.3, -0.25) is 4.79 Å². The molecule has 1 aromatic rings. The van der Waals surface area contributed by atoms with E-state index >= 15 is 0 Å². The molecule has 0 saturated carbocycles. The molecule has 0 radical (unpaired) electrons. The summed E-state index contributed by atoms with van der Waals surface area (Å²) in [7, 11) is 0. The molecule has 1 aromatic heterocycles. The van der Waals surface area contributed by atoms with E-state index in [2.05, 4.69) is 10.2 Å². The Balaban J connectivity index is 2.04. The van der Waals surface area contributed by atoms with E-state index in [1.807, 2.05) is 0 Å². The number of aliphatic carboxylic acids is 1. The molecule has 1 aliphatic heterocycles. The third kappa shape index (κ3) is 2.33. The number of carbonyl (C=O) groups is 1. The Morgan fingerprint density at radius 2 is 2.60 bits per heavy atom. The third-order valence-electron chi connectivity index (χ3n) is 2.51. The fraction of sp³-hybridized carbons (Fsp3) is 0.667. The van der Waals surface area contributed by atoms with Gasteiger partial charge in [-0.2, -0.15) is 0 Å². The molecular formula is C9H13N3O3. The van der Waals surface area contributed by atoms with Crippen molar-refractivity contribution in [3.05, 3.63) is 12.2 Å². The molecule has 82 valence electrons. The van der Waals surface area contributed by atoms with E-state index < -0.39 is 5.97 Å². The Bertz CT molecular complexity index is 344. The van der Waals surface area contributed by atoms with Gasteiger partial charge in [-0.15, -0.1) is 10.2 Å². The van der Waals surface area contributed by atoms with Crippen molar-refractivity contribution in [2.24, 2.45) is 0 Å². The number of carboxylic acid groups (broad SMARTS) is 1. The molecule has 1 N–H and O–H groups in total. The number of hydrogen-bond acceptors (Lipinski definition) is 4. The first-order valence-electron chi connectivity index (χ1n) is 4.94. The molecule has 0 aliphatic carbocycles. The van der Waals surface area contributed by atoms with Gasteiger partial charge in [0.2, 0.25) is 0 Å². The summed E-state index contributed by atoms with van der Waals surface area (Å²) < 4.78 is 7.06. The summed E-state index contributed by atoms with van der Waals surface area (Å²) in [6.07, 6.45) is 2.61. The lowest BCUT2D eigenvalue weighted by atomic mass is 10.1. The van der Waals surface area contributed by atoms with Gasteiger partial charge in [0.1, 0.15) is 12.2 Å². The van der Waals surface area contributed by atoms with E-state index in [9.17, 15) is 4.79 Å². The summed E-state index contributed by atoms with van der Waals surface area (Å²) in [6, 6.07) is 0. The minimum absolute atomic E-state index is 0.0959. The van der Waals surface area contributed by atoms with Gasteiger partial charge >= 0.3 is 5.97 Å². The Morgan fingerprint density at radius 3 is 3.27 bits per heavy atom. The highest BCUT2D eigenvalue weighted by Gasteiger charge is 2.22. The maximum absolute atomic E-state index is 10.4. The van der Waals surface area contributed by atoms with Crippen LogP contribution in [0.3, 0.4) is 0 Å². The predicted molar refractivity (Wildman–Crippen MR) is 50.5 cm³/mol. The number of aryl methyl sites for hydroxylation is 1. The molecule has 1 unspecified atom stereocenters. The Morgan fingerprint density at radius 1 is 1.73 bits per heavy atom. The van der Waals surface area contributed by atoms with E-state index in [4.69, 9.17) is 9.84 Å². The number of ether oxygens (including phenoxy) is 1. The van der Waals surface area contributed by atoms with Crippen molar-refractivity contribution in [3.8, 4) is 0 Å². The molecule has 15 heavy (non-hydrogen) atoms. The van der Waals surface area contributed by atoms with E-state index in [0.717, 1.165) is 18.9 Å². The SMILES string of the molecule is O=C(O)CCn1cnnc1C1CCOC1. The van der Waals surface area contributed by atoms with Gasteiger partial charge in [-0.25, -0.2) is 0 Å². The van der Waals surface area contributed by atoms with Crippen LogP contribution in [-0.4, -0.2) is 39.1 Å². The van der Waals surface area contributed by atoms with Crippen molar-refractivity contribution in [1.82, 2.24) is 14.8 Å². The maximum Gasteiger partial charge on any atom is 0.305 e. The van der Waals surface area contributed by atoms with Crippen molar-refractivity contribution in [3.63, 3.8) is 0 Å². The quantitative estimate of drug-likeness (QED) is 0.772. The highest BCUT2D eigenvalue weighted by atomic mass is 16.5. The van der Waals surface area contributed by atoms with E-state index in [1.165, 1.54) is 0 Å². The fourth-order valence-corrected chi connectivity index (χ4v) is 1.71. The van der Waals surface area contributed by atoms with Gasteiger partial charge in [0, 0.05) is 19.1 Å². The van der Waals surface area contributed by atoms with Gasteiger partial charge in [0.05, 0.1) is 13.0 Å². The van der Waals surface area contributed by atoms with Crippen LogP contribution < -0.4 is 0 Å². The molecule has 2 rings (SSSR count). The standard InChI is InChI=1S/C9H13N3O3/c13-8(14)1-3-12-6-10-11-9(12)7-2-4-15-5-7/h6-7H,1-5H2,(H,13,14). The van der Waals surface area contributed by atoms with Gasteiger partial charge in [0.25, 0.3) is 0 Å². The van der Waals surface area contributed by atoms with Crippen LogP contribution in [0.1, 0.15) is 24.6 Å². The van der Waals surface area contributed by atoms with Crippen LogP contribution >= 0.6 is 0 Å². The van der Waals surface area contributed by atoms with Gasteiger partial charge in [0.15, 0.2) is 0 Å². The Labute approximate surface area is 86.9 Å². The normalized spacial score (nSPS) is 20.7. The maximum atomic E-state index is 10.4. The summed E-state index contributed by atoms with van der Waals surface area (Å²) in [5.41, 5.74) is 0. The predicted octanol–water partition coefficient (Wildman–Crippen LogP) is 0.257. The van der Waals surface area contributed by atoms with Crippen LogP contribution in [0.4, 0.5) is 0 Å². The first-order chi connectivity index (χ1) is 7.27. The van der Waals surface area contributed by atoms with Crippen molar-refractivity contribution in [2.45, 2.75) is 25.3 Å². The topological polar surface area (TPSA) is 77.2 Å². The lowest BCUT2D eigenvalue weighted by Gasteiger charge is -2.08. The molecule has 6 nitrogen and oxygen atoms in total. The molecule has 1 aliphatic rings. The molecule has 0 bridgehead atoms. The number of carboxylic acids is 1. The summed E-state index contributed by atoms with van der Waals surface area (Å²) in [5, 5.41) is 16.4. The smallest absolute Gasteiger partial charge is 0.305 e. The van der Waals surface area contributed by atoms with Crippen LogP contribution in [0.5, 0.6) is 0 Å². The molecule has 0 spiro atoms. The fourth-order valence-electron chi connectivity index (χ4n) is 1.71. The Hall–Kier alpha value is -1.43. The number of rotatable bonds is 4. The minimum Gasteiger partial charge on any atom is -0.481 e. The van der Waals surface area contributed by atoms with Gasteiger partial charge < -0.3 is 14.4 Å². The average Bonchev–Trinajstić information content (AvgIpc) is 2.85. The van der Waals surface area contributed by atoms with Crippen molar-refractivity contribution < 1.29 is 14.6 Å². The van der Waals surface area contributed by atoms with Crippen LogP contribution in [0.15, 0.2) is 6.33 Å². The van der Waals surface area contributed by atoms with Crippen molar-refractivity contribution in [2.75, 3.05) is 13.2 Å². The van der Waals surface area contributed by atoms with Crippen LogP contribution in [-0.2, 0) is 16.1 Å². The largest absolute Gasteiger partial charge is 0.481 e. The zero-order valence-electron chi connectivity index (χ0n) is 8.30. The van der Waals surface area contributed by atoms with Crippen molar-refractivity contribution in [1.29, 1.82) is 0 Å². The van der Waals surface area contributed by atoms with E-state index in [1.54, 1.807) is 10.9 Å². The third-order valence-corrected chi connectivity index (χ3v) is 2.51. The van der Waals surface area contributed by atoms with Crippen LogP contribution in [0.2, 0.25) is 0 Å². The molecule has 0 aromatic carbocycles. The molecule has 1 atom stereocenters. The van der Waals surface area contributed by atoms with Gasteiger partial charge in [-0.1, -0.05) is 0 Å². The summed E-state index contributed by atoms with van der Waals surface area (Å²) in [5.74, 6) is 0.298. The highest BCUT2D eigenvalue weighted by molar-refractivity contribution is 5.66. The second-order valence-electron chi connectivity index (χ2n) is 3.59. The second-order valence-corrected chi connectivity index (χ2v) is 3.59. The number of nitrogens with zero attached hydrogens (tertiary/aromatic N) is 3. The monoisotopic (exact) mass is 211 g/mol. The lowest BCUT2D eigenvalue weighted by molar-refractivity contribution is -0.137. The Kier molecular flexibility index (Phi) is 2.96. The molecular weight excluding hydrogens is 198 g/mol. The highest BCUT2D eigenvalue weighted by Crippen LogP contribution is 2.23. The molecule has 1 fully saturated rings. The molecule has 6 heteroatoms. The number of aromatic nitrogens is 3. The summed E-state index contributed by atoms with van der Waals surface area (Å²) in [6.45, 7) is 1.83. The second kappa shape index (κ2) is 4.39. The average molecular weight is 211 g/mol. The van der Waals surface area contributed by atoms with E-state index in [0.29, 0.717) is 13.2 Å². The molecule has 2 heterocycles. The van der Waals surface area contributed by atoms with E-state index in [-0.39, 0.29) is 12.3 Å². The molecule has 0 amide bonds. The first-order valence-corrected chi connectivity index (χ1v) is 4.94. The summed E-state index contributed by atoms with van der Waals surface area (Å²) >= 11 is 0. The minimum atomic E-state index is -0.808. The summed E-state index contributed by atoms with van der Waals surface area (Å²) in [4.78, 5) is 10.4.